The Labute approximate surface area is 222 Å². The highest BCUT2D eigenvalue weighted by Crippen LogP contribution is 2.59. The van der Waals surface area contributed by atoms with Crippen LogP contribution in [0.15, 0.2) is 64.6 Å². The van der Waals surface area contributed by atoms with Crippen LogP contribution >= 0.6 is 11.8 Å². The molecule has 4 heteroatoms. The Hall–Kier alpha value is -1.33. The Kier molecular flexibility index (Phi) is 8.61. The molecular formula is C32H46O3S. The van der Waals surface area contributed by atoms with Gasteiger partial charge in [0.2, 0.25) is 0 Å². The van der Waals surface area contributed by atoms with Gasteiger partial charge in [0, 0.05) is 16.6 Å². The number of hydrogen-bond donors (Lipinski definition) is 3. The average molecular weight is 511 g/mol. The van der Waals surface area contributed by atoms with E-state index in [1.165, 1.54) is 37.0 Å². The maximum Gasteiger partial charge on any atom is 0.0840 e. The molecular weight excluding hydrogens is 464 g/mol. The van der Waals surface area contributed by atoms with Gasteiger partial charge in [-0.1, -0.05) is 50.3 Å². The number of benzene rings is 1. The second kappa shape index (κ2) is 11.2. The second-order valence-electron chi connectivity index (χ2n) is 12.4. The number of fused-ring (bicyclic) bond motifs is 1. The fraction of sp³-hybridized carbons (Fsp3) is 0.625. The molecule has 0 aromatic heterocycles. The van der Waals surface area contributed by atoms with Crippen LogP contribution in [0.25, 0.3) is 0 Å². The van der Waals surface area contributed by atoms with Gasteiger partial charge < -0.3 is 15.3 Å². The van der Waals surface area contributed by atoms with E-state index >= 15 is 0 Å². The van der Waals surface area contributed by atoms with Crippen LogP contribution in [0.4, 0.5) is 0 Å². The van der Waals surface area contributed by atoms with Crippen molar-refractivity contribution in [3.63, 3.8) is 0 Å². The Morgan fingerprint density at radius 3 is 2.75 bits per heavy atom. The summed E-state index contributed by atoms with van der Waals surface area (Å²) in [6.07, 6.45) is 11.7. The Morgan fingerprint density at radius 2 is 2.03 bits per heavy atom. The van der Waals surface area contributed by atoms with Gasteiger partial charge in [-0.05, 0) is 111 Å². The van der Waals surface area contributed by atoms with Crippen LogP contribution in [0, 0.1) is 29.1 Å². The Morgan fingerprint density at radius 1 is 1.25 bits per heavy atom. The van der Waals surface area contributed by atoms with Crippen molar-refractivity contribution in [3.8, 4) is 0 Å². The lowest BCUT2D eigenvalue weighted by molar-refractivity contribution is 0.0784. The number of thioether (sulfide) groups is 1. The molecule has 3 aliphatic rings. The largest absolute Gasteiger partial charge is 0.396 e. The molecule has 3 nitrogen and oxygen atoms in total. The van der Waals surface area contributed by atoms with Crippen LogP contribution in [-0.4, -0.2) is 33.8 Å². The molecule has 0 radical (unpaired) electrons. The second-order valence-corrected chi connectivity index (χ2v) is 13.5. The van der Waals surface area contributed by atoms with Crippen molar-refractivity contribution in [1.82, 2.24) is 0 Å². The molecule has 0 aliphatic heterocycles. The van der Waals surface area contributed by atoms with Crippen LogP contribution < -0.4 is 0 Å². The highest BCUT2D eigenvalue weighted by molar-refractivity contribution is 7.99. The lowest BCUT2D eigenvalue weighted by Crippen LogP contribution is -2.36. The highest BCUT2D eigenvalue weighted by atomic mass is 32.2. The van der Waals surface area contributed by atoms with Gasteiger partial charge in [0.05, 0.1) is 18.3 Å². The van der Waals surface area contributed by atoms with Crippen LogP contribution in [-0.2, 0) is 5.60 Å². The van der Waals surface area contributed by atoms with Crippen molar-refractivity contribution < 1.29 is 15.3 Å². The summed E-state index contributed by atoms with van der Waals surface area (Å²) in [6, 6.07) is 8.37. The topological polar surface area (TPSA) is 60.7 Å². The molecule has 0 unspecified atom stereocenters. The van der Waals surface area contributed by atoms with Crippen LogP contribution in [0.3, 0.4) is 0 Å². The van der Waals surface area contributed by atoms with E-state index in [-0.39, 0.29) is 18.6 Å². The van der Waals surface area contributed by atoms with E-state index in [1.54, 1.807) is 5.57 Å². The van der Waals surface area contributed by atoms with E-state index in [4.69, 9.17) is 0 Å². The third-order valence-corrected chi connectivity index (χ3v) is 10.7. The van der Waals surface area contributed by atoms with Crippen molar-refractivity contribution in [2.24, 2.45) is 29.1 Å². The number of aliphatic hydroxyl groups excluding tert-OH is 2. The third kappa shape index (κ3) is 5.88. The first-order chi connectivity index (χ1) is 17.0. The third-order valence-electron chi connectivity index (χ3n) is 9.41. The molecule has 3 fully saturated rings. The van der Waals surface area contributed by atoms with Gasteiger partial charge in [0.15, 0.2) is 0 Å². The van der Waals surface area contributed by atoms with E-state index < -0.39 is 5.60 Å². The molecule has 0 heterocycles. The molecule has 0 saturated heterocycles. The minimum absolute atomic E-state index is 0.0200. The molecule has 3 N–H and O–H groups in total. The zero-order chi connectivity index (χ0) is 26.1. The highest BCUT2D eigenvalue weighted by Gasteiger charge is 2.50. The molecule has 3 aliphatic carbocycles. The van der Waals surface area contributed by atoms with E-state index in [0.29, 0.717) is 36.0 Å². The molecule has 0 amide bonds. The van der Waals surface area contributed by atoms with Gasteiger partial charge in [-0.15, -0.1) is 11.8 Å². The van der Waals surface area contributed by atoms with Crippen molar-refractivity contribution in [3.05, 3.63) is 65.3 Å². The molecule has 4 rings (SSSR count). The van der Waals surface area contributed by atoms with Gasteiger partial charge in [-0.2, -0.15) is 0 Å². The van der Waals surface area contributed by atoms with E-state index in [9.17, 15) is 15.3 Å². The van der Waals surface area contributed by atoms with Crippen LogP contribution in [0.1, 0.15) is 78.2 Å². The van der Waals surface area contributed by atoms with E-state index in [2.05, 4.69) is 50.8 Å². The van der Waals surface area contributed by atoms with E-state index in [0.717, 1.165) is 22.5 Å². The SMILES string of the molecule is C=C1/C(=C\C=C2/CCC[C@]3(C)[C@@H]([C@@H](C)CSc4cccc(C(C)(C)O)c4)CC[C@@H]23)C[C@H](O)C[C@H]1CO. The minimum atomic E-state index is -0.810. The van der Waals surface area contributed by atoms with Crippen molar-refractivity contribution in [1.29, 1.82) is 0 Å². The predicted octanol–water partition coefficient (Wildman–Crippen LogP) is 7.03. The first-order valence-electron chi connectivity index (χ1n) is 13.9. The Bertz CT molecular complexity index is 1000. The summed E-state index contributed by atoms with van der Waals surface area (Å²) in [5.74, 6) is 3.06. The summed E-state index contributed by atoms with van der Waals surface area (Å²) in [5, 5.41) is 30.4. The summed E-state index contributed by atoms with van der Waals surface area (Å²) in [5.41, 5.74) is 4.19. The fourth-order valence-corrected chi connectivity index (χ4v) is 8.37. The monoisotopic (exact) mass is 510 g/mol. The number of rotatable bonds is 7. The Balaban J connectivity index is 1.45. The van der Waals surface area contributed by atoms with Gasteiger partial charge >= 0.3 is 0 Å². The zero-order valence-electron chi connectivity index (χ0n) is 22.7. The molecule has 0 bridgehead atoms. The first-order valence-corrected chi connectivity index (χ1v) is 14.8. The van der Waals surface area contributed by atoms with Crippen LogP contribution in [0.5, 0.6) is 0 Å². The summed E-state index contributed by atoms with van der Waals surface area (Å²) in [7, 11) is 0. The standard InChI is InChI=1S/C32H46O3S/c1-21(20-36-28-10-6-9-26(18-28)31(3,4)35)29-13-14-30-23(8-7-15-32(29,30)5)11-12-24-16-27(34)17-25(19-33)22(24)2/h6,9-12,18,21,25,27,29-30,33-35H,2,7-8,13-17,19-20H2,1,3-5H3/b23-11+,24-12-/t21-,25-,27-,29+,30-,32+/m0/s1. The number of aliphatic hydroxyl groups is 3. The molecule has 3 saturated carbocycles. The van der Waals surface area contributed by atoms with Gasteiger partial charge in [0.25, 0.3) is 0 Å². The maximum atomic E-state index is 10.4. The number of allylic oxidation sites excluding steroid dienone is 3. The minimum Gasteiger partial charge on any atom is -0.396 e. The normalized spacial score (nSPS) is 34.2. The molecule has 1 aromatic carbocycles. The smallest absolute Gasteiger partial charge is 0.0840 e. The first kappa shape index (κ1) is 27.7. The van der Waals surface area contributed by atoms with Gasteiger partial charge in [0.1, 0.15) is 0 Å². The molecule has 1 aromatic rings. The van der Waals surface area contributed by atoms with Gasteiger partial charge in [-0.3, -0.25) is 0 Å². The summed E-state index contributed by atoms with van der Waals surface area (Å²) >= 11 is 1.93. The summed E-state index contributed by atoms with van der Waals surface area (Å²) in [4.78, 5) is 1.24. The zero-order valence-corrected chi connectivity index (χ0v) is 23.5. The quantitative estimate of drug-likeness (QED) is 0.345. The molecule has 6 atom stereocenters. The molecule has 36 heavy (non-hydrogen) atoms. The predicted molar refractivity (Wildman–Crippen MR) is 151 cm³/mol. The van der Waals surface area contributed by atoms with E-state index in [1.807, 2.05) is 31.7 Å². The fourth-order valence-electron chi connectivity index (χ4n) is 7.29. The lowest BCUT2D eigenvalue weighted by atomic mass is 9.61. The number of hydrogen-bond acceptors (Lipinski definition) is 4. The lowest BCUT2D eigenvalue weighted by Gasteiger charge is -2.44. The molecule has 198 valence electrons. The maximum absolute atomic E-state index is 10.4. The summed E-state index contributed by atoms with van der Waals surface area (Å²) in [6.45, 7) is 13.0. The van der Waals surface area contributed by atoms with Crippen molar-refractivity contribution >= 4 is 11.8 Å². The van der Waals surface area contributed by atoms with Crippen LogP contribution in [0.2, 0.25) is 0 Å². The average Bonchev–Trinajstić information content (AvgIpc) is 3.20. The summed E-state index contributed by atoms with van der Waals surface area (Å²) < 4.78 is 0. The van der Waals surface area contributed by atoms with Crippen molar-refractivity contribution in [2.45, 2.75) is 89.2 Å². The van der Waals surface area contributed by atoms with Crippen molar-refractivity contribution in [2.75, 3.05) is 12.4 Å². The van der Waals surface area contributed by atoms with Gasteiger partial charge in [-0.25, -0.2) is 0 Å². The molecule has 0 spiro atoms.